The van der Waals surface area contributed by atoms with Crippen LogP contribution in [0.25, 0.3) is 21.9 Å². The number of nitrogens with zero attached hydrogens (tertiary/aromatic N) is 3. The van der Waals surface area contributed by atoms with Crippen LogP contribution in [0.5, 0.6) is 0 Å². The summed E-state index contributed by atoms with van der Waals surface area (Å²) < 4.78 is 2.20. The molecule has 0 unspecified atom stereocenters. The van der Waals surface area contributed by atoms with Crippen molar-refractivity contribution in [3.8, 4) is 0 Å². The van der Waals surface area contributed by atoms with Crippen molar-refractivity contribution in [1.82, 2.24) is 25.2 Å². The molecular weight excluding hydrogens is 487 g/mol. The van der Waals surface area contributed by atoms with Gasteiger partial charge in [0, 0.05) is 43.8 Å². The summed E-state index contributed by atoms with van der Waals surface area (Å²) in [7, 11) is 1.81. The summed E-state index contributed by atoms with van der Waals surface area (Å²) in [6.07, 6.45) is 5.98. The zero-order valence-electron chi connectivity index (χ0n) is 17.5. The number of halogens is 1. The molecule has 0 radical (unpaired) electrons. The van der Waals surface area contributed by atoms with Gasteiger partial charge < -0.3 is 20.2 Å². The number of fused-ring (bicyclic) bond motifs is 2. The molecule has 0 saturated carbocycles. The topological polar surface area (TPSA) is 70.0 Å². The van der Waals surface area contributed by atoms with E-state index in [4.69, 9.17) is 0 Å². The summed E-state index contributed by atoms with van der Waals surface area (Å²) in [5.41, 5.74) is 6.04. The van der Waals surface area contributed by atoms with Crippen LogP contribution in [0.3, 0.4) is 0 Å². The van der Waals surface area contributed by atoms with Gasteiger partial charge in [-0.1, -0.05) is 24.3 Å². The zero-order valence-corrected chi connectivity index (χ0v) is 19.8. The van der Waals surface area contributed by atoms with E-state index in [1.54, 1.807) is 0 Å². The second kappa shape index (κ2) is 10.5. The van der Waals surface area contributed by atoms with Crippen molar-refractivity contribution in [1.29, 1.82) is 0 Å². The quantitative estimate of drug-likeness (QED) is 0.149. The van der Waals surface area contributed by atoms with Gasteiger partial charge in [0.2, 0.25) is 0 Å². The lowest BCUT2D eigenvalue weighted by molar-refractivity contribution is 0.637. The molecule has 0 spiro atoms. The van der Waals surface area contributed by atoms with E-state index in [-0.39, 0.29) is 24.0 Å². The number of benzene rings is 2. The first kappa shape index (κ1) is 22.1. The summed E-state index contributed by atoms with van der Waals surface area (Å²) in [6, 6.07) is 14.8. The zero-order chi connectivity index (χ0) is 20.1. The molecule has 0 bridgehead atoms. The fourth-order valence-electron chi connectivity index (χ4n) is 3.69. The molecule has 3 N–H and O–H groups in total. The Morgan fingerprint density at radius 1 is 1.13 bits per heavy atom. The monoisotopic (exact) mass is 516 g/mol. The number of aromatic amines is 1. The minimum Gasteiger partial charge on any atom is -0.361 e. The Balaban J connectivity index is 0.00000256. The maximum atomic E-state index is 4.44. The summed E-state index contributed by atoms with van der Waals surface area (Å²) in [5, 5.41) is 8.11. The van der Waals surface area contributed by atoms with Gasteiger partial charge in [-0.2, -0.15) is 0 Å². The molecule has 0 aliphatic rings. The predicted molar refractivity (Wildman–Crippen MR) is 136 cm³/mol. The van der Waals surface area contributed by atoms with Crippen LogP contribution >= 0.6 is 24.0 Å². The van der Waals surface area contributed by atoms with Gasteiger partial charge in [0.25, 0.3) is 0 Å². The lowest BCUT2D eigenvalue weighted by Gasteiger charge is -2.12. The van der Waals surface area contributed by atoms with Crippen molar-refractivity contribution in [2.45, 2.75) is 26.3 Å². The highest BCUT2D eigenvalue weighted by Gasteiger charge is 2.05. The number of H-pyrrole nitrogens is 1. The van der Waals surface area contributed by atoms with Crippen LogP contribution in [0.15, 0.2) is 60.0 Å². The molecule has 0 fully saturated rings. The van der Waals surface area contributed by atoms with E-state index in [0.717, 1.165) is 44.0 Å². The molecule has 158 valence electrons. The summed E-state index contributed by atoms with van der Waals surface area (Å²) >= 11 is 0. The Kier molecular flexibility index (Phi) is 7.73. The Morgan fingerprint density at radius 3 is 2.83 bits per heavy atom. The number of imidazole rings is 1. The second-order valence-corrected chi connectivity index (χ2v) is 7.32. The highest BCUT2D eigenvalue weighted by atomic mass is 127. The van der Waals surface area contributed by atoms with Crippen molar-refractivity contribution < 1.29 is 0 Å². The van der Waals surface area contributed by atoms with Gasteiger partial charge in [-0.15, -0.1) is 24.0 Å². The predicted octanol–water partition coefficient (Wildman–Crippen LogP) is 4.24. The number of rotatable bonds is 7. The molecule has 7 heteroatoms. The third kappa shape index (κ3) is 5.13. The van der Waals surface area contributed by atoms with Crippen LogP contribution in [0.1, 0.15) is 17.5 Å². The SMILES string of the molecule is CN=C(NCCCn1cnc2ccccc21)NCCc1c[nH]c2cc(C)ccc12.I. The number of aryl methyl sites for hydroxylation is 2. The first-order valence-electron chi connectivity index (χ1n) is 10.2. The highest BCUT2D eigenvalue weighted by Crippen LogP contribution is 2.19. The molecular formula is C23H29IN6. The molecule has 2 aromatic carbocycles. The number of nitrogens with one attached hydrogen (secondary N) is 3. The Morgan fingerprint density at radius 2 is 1.97 bits per heavy atom. The molecule has 4 rings (SSSR count). The molecule has 30 heavy (non-hydrogen) atoms. The third-order valence-corrected chi connectivity index (χ3v) is 5.23. The van der Waals surface area contributed by atoms with E-state index in [2.05, 4.69) is 73.6 Å². The van der Waals surface area contributed by atoms with Crippen LogP contribution in [0.2, 0.25) is 0 Å². The molecule has 0 aliphatic carbocycles. The van der Waals surface area contributed by atoms with Gasteiger partial charge in [-0.3, -0.25) is 4.99 Å². The average Bonchev–Trinajstić information content (AvgIpc) is 3.33. The van der Waals surface area contributed by atoms with Crippen molar-refractivity contribution in [2.24, 2.45) is 4.99 Å². The molecule has 0 atom stereocenters. The fraction of sp³-hybridized carbons (Fsp3) is 0.304. The molecule has 0 amide bonds. The number of para-hydroxylation sites is 2. The number of aromatic nitrogens is 3. The van der Waals surface area contributed by atoms with Crippen LogP contribution in [0, 0.1) is 6.92 Å². The van der Waals surface area contributed by atoms with E-state index in [9.17, 15) is 0 Å². The Bertz CT molecular complexity index is 1130. The first-order valence-corrected chi connectivity index (χ1v) is 10.2. The van der Waals surface area contributed by atoms with Crippen LogP contribution in [-0.2, 0) is 13.0 Å². The normalized spacial score (nSPS) is 11.6. The average molecular weight is 516 g/mol. The van der Waals surface area contributed by atoms with Gasteiger partial charge in [-0.25, -0.2) is 4.98 Å². The molecule has 2 heterocycles. The van der Waals surface area contributed by atoms with Crippen LogP contribution in [-0.4, -0.2) is 40.6 Å². The summed E-state index contributed by atoms with van der Waals surface area (Å²) in [4.78, 5) is 12.1. The van der Waals surface area contributed by atoms with E-state index >= 15 is 0 Å². The maximum absolute atomic E-state index is 4.44. The van der Waals surface area contributed by atoms with Gasteiger partial charge >= 0.3 is 0 Å². The number of hydrogen-bond acceptors (Lipinski definition) is 2. The standard InChI is InChI=1S/C23H28N6.HI/c1-17-8-9-19-18(15-27-21(19)14-17)10-12-26-23(24-2)25-11-5-13-29-16-28-20-6-3-4-7-22(20)29;/h3-4,6-9,14-16,27H,5,10-13H2,1-2H3,(H2,24,25,26);1H. The van der Waals surface area contributed by atoms with Gasteiger partial charge in [0.05, 0.1) is 17.4 Å². The van der Waals surface area contributed by atoms with E-state index in [0.29, 0.717) is 0 Å². The minimum atomic E-state index is 0. The minimum absolute atomic E-state index is 0. The Hall–Kier alpha value is -2.55. The maximum Gasteiger partial charge on any atom is 0.190 e. The smallest absolute Gasteiger partial charge is 0.190 e. The van der Waals surface area contributed by atoms with Gasteiger partial charge in [0.1, 0.15) is 0 Å². The van der Waals surface area contributed by atoms with Crippen LogP contribution in [0.4, 0.5) is 0 Å². The van der Waals surface area contributed by atoms with E-state index in [1.807, 2.05) is 25.5 Å². The lowest BCUT2D eigenvalue weighted by atomic mass is 10.1. The first-order chi connectivity index (χ1) is 14.2. The van der Waals surface area contributed by atoms with Crippen LogP contribution < -0.4 is 10.6 Å². The van der Waals surface area contributed by atoms with Gasteiger partial charge in [0.15, 0.2) is 5.96 Å². The molecule has 0 aliphatic heterocycles. The fourth-order valence-corrected chi connectivity index (χ4v) is 3.69. The summed E-state index contributed by atoms with van der Waals surface area (Å²) in [6.45, 7) is 4.75. The largest absolute Gasteiger partial charge is 0.361 e. The van der Waals surface area contributed by atoms with E-state index < -0.39 is 0 Å². The lowest BCUT2D eigenvalue weighted by Crippen LogP contribution is -2.38. The third-order valence-electron chi connectivity index (χ3n) is 5.23. The van der Waals surface area contributed by atoms with Crippen molar-refractivity contribution in [2.75, 3.05) is 20.1 Å². The molecule has 2 aromatic heterocycles. The summed E-state index contributed by atoms with van der Waals surface area (Å²) in [5.74, 6) is 0.844. The van der Waals surface area contributed by atoms with Crippen molar-refractivity contribution >= 4 is 51.9 Å². The number of guanidine groups is 1. The number of hydrogen-bond donors (Lipinski definition) is 3. The molecule has 0 saturated heterocycles. The van der Waals surface area contributed by atoms with Crippen molar-refractivity contribution in [3.05, 3.63) is 66.1 Å². The number of aliphatic imine (C=N–C) groups is 1. The van der Waals surface area contributed by atoms with E-state index in [1.165, 1.54) is 27.5 Å². The Labute approximate surface area is 194 Å². The van der Waals surface area contributed by atoms with Gasteiger partial charge in [-0.05, 0) is 49.1 Å². The van der Waals surface area contributed by atoms with Crippen molar-refractivity contribution in [3.63, 3.8) is 0 Å². The second-order valence-electron chi connectivity index (χ2n) is 7.32. The molecule has 4 aromatic rings. The molecule has 6 nitrogen and oxygen atoms in total. The highest BCUT2D eigenvalue weighted by molar-refractivity contribution is 14.0.